The van der Waals surface area contributed by atoms with E-state index in [0.717, 1.165) is 4.57 Å². The molecule has 2 N–H and O–H groups in total. The second-order valence-electron chi connectivity index (χ2n) is 4.46. The zero-order valence-electron chi connectivity index (χ0n) is 9.56. The molecule has 0 amide bonds. The van der Waals surface area contributed by atoms with Crippen molar-refractivity contribution in [2.75, 3.05) is 0 Å². The van der Waals surface area contributed by atoms with Gasteiger partial charge in [0.05, 0.1) is 5.69 Å². The van der Waals surface area contributed by atoms with Crippen molar-refractivity contribution in [2.45, 2.75) is 37.4 Å². The molecule has 8 heteroatoms. The Labute approximate surface area is 99.8 Å². The number of rotatable bonds is 1. The molecule has 102 valence electrons. The van der Waals surface area contributed by atoms with Crippen molar-refractivity contribution in [3.8, 4) is 0 Å². The van der Waals surface area contributed by atoms with Crippen molar-refractivity contribution in [1.82, 2.24) is 9.55 Å². The van der Waals surface area contributed by atoms with Crippen LogP contribution in [0.3, 0.4) is 0 Å². The Morgan fingerprint density at radius 3 is 2.44 bits per heavy atom. The maximum atomic E-state index is 13.3. The van der Waals surface area contributed by atoms with E-state index in [1.807, 2.05) is 0 Å². The normalized spacial score (nSPS) is 20.9. The van der Waals surface area contributed by atoms with E-state index >= 15 is 0 Å². The van der Waals surface area contributed by atoms with Gasteiger partial charge in [-0.2, -0.15) is 22.0 Å². The first kappa shape index (κ1) is 13.3. The van der Waals surface area contributed by atoms with Crippen LogP contribution in [0.2, 0.25) is 0 Å². The maximum Gasteiger partial charge on any atom is 0.461 e. The Bertz CT molecular complexity index is 463. The van der Waals surface area contributed by atoms with Gasteiger partial charge < -0.3 is 10.3 Å². The predicted octanol–water partition coefficient (Wildman–Crippen LogP) is 1.89. The highest BCUT2D eigenvalue weighted by Gasteiger charge is 2.61. The summed E-state index contributed by atoms with van der Waals surface area (Å²) in [6.07, 6.45) is -4.48. The fourth-order valence-electron chi connectivity index (χ4n) is 2.14. The molecule has 1 aromatic rings. The molecule has 2 rings (SSSR count). The van der Waals surface area contributed by atoms with Gasteiger partial charge in [-0.1, -0.05) is 0 Å². The van der Waals surface area contributed by atoms with Crippen LogP contribution in [0, 0.1) is 0 Å². The van der Waals surface area contributed by atoms with Crippen molar-refractivity contribution < 1.29 is 22.0 Å². The van der Waals surface area contributed by atoms with Gasteiger partial charge in [0.25, 0.3) is 0 Å². The van der Waals surface area contributed by atoms with Crippen LogP contribution in [-0.4, -0.2) is 21.8 Å². The molecule has 1 atom stereocenters. The molecule has 1 aliphatic carbocycles. The molecule has 0 aromatic carbocycles. The lowest BCUT2D eigenvalue weighted by molar-refractivity contribution is -0.293. The zero-order chi connectivity index (χ0) is 13.7. The van der Waals surface area contributed by atoms with Gasteiger partial charge in [-0.05, 0) is 12.8 Å². The maximum absolute atomic E-state index is 13.3. The molecule has 0 saturated heterocycles. The molecule has 0 fully saturated rings. The standard InChI is InChI=1S/C10H12F5N3/c1-18-7-3-2-5(16)4-6(7)17-8(18)9(11,12)10(13,14)15/h5H,2-4,16H2,1H3. The third-order valence-corrected chi connectivity index (χ3v) is 3.14. The molecule has 18 heavy (non-hydrogen) atoms. The summed E-state index contributed by atoms with van der Waals surface area (Å²) in [7, 11) is 1.18. The largest absolute Gasteiger partial charge is 0.461 e. The van der Waals surface area contributed by atoms with E-state index in [1.54, 1.807) is 0 Å². The van der Waals surface area contributed by atoms with Crippen LogP contribution < -0.4 is 5.73 Å². The molecule has 1 aromatic heterocycles. The van der Waals surface area contributed by atoms with Gasteiger partial charge >= 0.3 is 12.1 Å². The van der Waals surface area contributed by atoms with Crippen molar-refractivity contribution in [3.05, 3.63) is 17.2 Å². The van der Waals surface area contributed by atoms with E-state index in [0.29, 0.717) is 18.5 Å². The average molecular weight is 269 g/mol. The highest BCUT2D eigenvalue weighted by atomic mass is 19.4. The quantitative estimate of drug-likeness (QED) is 0.791. The molecule has 1 heterocycles. The zero-order valence-corrected chi connectivity index (χ0v) is 9.56. The van der Waals surface area contributed by atoms with Gasteiger partial charge in [0.2, 0.25) is 0 Å². The van der Waals surface area contributed by atoms with E-state index in [-0.39, 0.29) is 18.2 Å². The molecule has 1 aliphatic rings. The van der Waals surface area contributed by atoms with Crippen molar-refractivity contribution in [1.29, 1.82) is 0 Å². The molecule has 1 unspecified atom stereocenters. The fourth-order valence-corrected chi connectivity index (χ4v) is 2.14. The topological polar surface area (TPSA) is 43.8 Å². The number of alkyl halides is 5. The van der Waals surface area contributed by atoms with Crippen molar-refractivity contribution >= 4 is 0 Å². The van der Waals surface area contributed by atoms with Crippen LogP contribution in [0.5, 0.6) is 0 Å². The Kier molecular flexibility index (Phi) is 2.88. The van der Waals surface area contributed by atoms with Crippen LogP contribution >= 0.6 is 0 Å². The molecule has 0 saturated carbocycles. The van der Waals surface area contributed by atoms with Crippen molar-refractivity contribution in [2.24, 2.45) is 12.8 Å². The van der Waals surface area contributed by atoms with E-state index in [1.165, 1.54) is 7.05 Å². The van der Waals surface area contributed by atoms with Crippen LogP contribution in [-0.2, 0) is 25.8 Å². The summed E-state index contributed by atoms with van der Waals surface area (Å²) in [4.78, 5) is 3.45. The highest BCUT2D eigenvalue weighted by Crippen LogP contribution is 2.44. The lowest BCUT2D eigenvalue weighted by atomic mass is 9.97. The Balaban J connectivity index is 2.48. The molecular formula is C10H12F5N3. The number of halogens is 5. The Hall–Kier alpha value is -1.18. The number of fused-ring (bicyclic) bond motifs is 1. The van der Waals surface area contributed by atoms with Gasteiger partial charge in [-0.3, -0.25) is 0 Å². The third kappa shape index (κ3) is 1.88. The summed E-state index contributed by atoms with van der Waals surface area (Å²) in [5, 5.41) is 0. The molecule has 0 bridgehead atoms. The van der Waals surface area contributed by atoms with Gasteiger partial charge in [0.15, 0.2) is 5.82 Å². The molecule has 3 nitrogen and oxygen atoms in total. The van der Waals surface area contributed by atoms with Crippen molar-refractivity contribution in [3.63, 3.8) is 0 Å². The summed E-state index contributed by atoms with van der Waals surface area (Å²) >= 11 is 0. The van der Waals surface area contributed by atoms with Crippen LogP contribution in [0.25, 0.3) is 0 Å². The van der Waals surface area contributed by atoms with Gasteiger partial charge in [0.1, 0.15) is 0 Å². The average Bonchev–Trinajstić information content (AvgIpc) is 2.54. The number of hydrogen-bond donors (Lipinski definition) is 1. The number of aromatic nitrogens is 2. The smallest absolute Gasteiger partial charge is 0.329 e. The van der Waals surface area contributed by atoms with E-state index in [4.69, 9.17) is 5.73 Å². The lowest BCUT2D eigenvalue weighted by Crippen LogP contribution is -2.36. The van der Waals surface area contributed by atoms with Gasteiger partial charge in [-0.25, -0.2) is 4.98 Å². The summed E-state index contributed by atoms with van der Waals surface area (Å²) in [5.74, 6) is -6.20. The van der Waals surface area contributed by atoms with E-state index in [9.17, 15) is 22.0 Å². The Morgan fingerprint density at radius 2 is 1.89 bits per heavy atom. The molecule has 0 aliphatic heterocycles. The predicted molar refractivity (Wildman–Crippen MR) is 53.2 cm³/mol. The first-order valence-electron chi connectivity index (χ1n) is 5.39. The minimum absolute atomic E-state index is 0.233. The second-order valence-corrected chi connectivity index (χ2v) is 4.46. The molecular weight excluding hydrogens is 257 g/mol. The summed E-state index contributed by atoms with van der Waals surface area (Å²) in [6, 6.07) is -0.236. The Morgan fingerprint density at radius 1 is 1.28 bits per heavy atom. The minimum atomic E-state index is -5.64. The number of nitrogens with zero attached hydrogens (tertiary/aromatic N) is 2. The number of imidazole rings is 1. The van der Waals surface area contributed by atoms with E-state index in [2.05, 4.69) is 4.98 Å². The summed E-state index contributed by atoms with van der Waals surface area (Å²) < 4.78 is 64.3. The van der Waals surface area contributed by atoms with Gasteiger partial charge in [-0.15, -0.1) is 0 Å². The van der Waals surface area contributed by atoms with Crippen LogP contribution in [0.15, 0.2) is 0 Å². The van der Waals surface area contributed by atoms with E-state index < -0.39 is 17.9 Å². The summed E-state index contributed by atoms with van der Waals surface area (Å²) in [5.41, 5.74) is 6.30. The minimum Gasteiger partial charge on any atom is -0.329 e. The second kappa shape index (κ2) is 3.91. The first-order chi connectivity index (χ1) is 8.14. The van der Waals surface area contributed by atoms with Crippen LogP contribution in [0.4, 0.5) is 22.0 Å². The molecule has 0 radical (unpaired) electrons. The SMILES string of the molecule is Cn1c(C(F)(F)C(F)(F)F)nc2c1CCC(N)C2. The number of hydrogen-bond acceptors (Lipinski definition) is 2. The fraction of sp³-hybridized carbons (Fsp3) is 0.700. The molecule has 0 spiro atoms. The highest BCUT2D eigenvalue weighted by molar-refractivity contribution is 5.24. The first-order valence-corrected chi connectivity index (χ1v) is 5.39. The number of nitrogens with two attached hydrogens (primary N) is 1. The summed E-state index contributed by atoms with van der Waals surface area (Å²) in [6.45, 7) is 0. The third-order valence-electron chi connectivity index (χ3n) is 3.14. The lowest BCUT2D eigenvalue weighted by Gasteiger charge is -2.20. The van der Waals surface area contributed by atoms with Gasteiger partial charge in [0, 0.05) is 25.2 Å². The monoisotopic (exact) mass is 269 g/mol. The van der Waals surface area contributed by atoms with Crippen LogP contribution in [0.1, 0.15) is 23.6 Å².